The van der Waals surface area contributed by atoms with E-state index in [1.54, 1.807) is 42.6 Å². The largest absolute Gasteiger partial charge is 0.271 e. The third-order valence-electron chi connectivity index (χ3n) is 4.49. The lowest BCUT2D eigenvalue weighted by atomic mass is 10.2. The number of nitrogens with zero attached hydrogens (tertiary/aromatic N) is 2. The number of nitrogens with one attached hydrogen (secondary N) is 1. The molecule has 0 aliphatic carbocycles. The zero-order valence-electron chi connectivity index (χ0n) is 17.0. The van der Waals surface area contributed by atoms with E-state index in [9.17, 15) is 13.2 Å². The van der Waals surface area contributed by atoms with E-state index in [4.69, 9.17) is 0 Å². The Balaban J connectivity index is 1.85. The highest BCUT2D eigenvalue weighted by Crippen LogP contribution is 2.24. The fraction of sp³-hybridized carbons (Fsp3) is 0.182. The molecule has 0 atom stereocenters. The first-order valence-electron chi connectivity index (χ1n) is 9.29. The van der Waals surface area contributed by atoms with Gasteiger partial charge in [-0.1, -0.05) is 35.4 Å². The summed E-state index contributed by atoms with van der Waals surface area (Å²) in [6.45, 7) is 5.36. The molecule has 1 amide bonds. The van der Waals surface area contributed by atoms with Crippen LogP contribution in [0.3, 0.4) is 0 Å². The summed E-state index contributed by atoms with van der Waals surface area (Å²) in [4.78, 5) is 13.6. The lowest BCUT2D eigenvalue weighted by Crippen LogP contribution is -2.39. The molecule has 0 fully saturated rings. The van der Waals surface area contributed by atoms with Crippen LogP contribution in [0.15, 0.2) is 70.0 Å². The smallest absolute Gasteiger partial charge is 0.264 e. The van der Waals surface area contributed by atoms with Gasteiger partial charge in [0.2, 0.25) is 0 Å². The van der Waals surface area contributed by atoms with E-state index >= 15 is 0 Å². The minimum absolute atomic E-state index is 0.124. The molecule has 1 heterocycles. The average Bonchev–Trinajstić information content (AvgIpc) is 3.12. The van der Waals surface area contributed by atoms with Crippen molar-refractivity contribution < 1.29 is 13.2 Å². The summed E-state index contributed by atoms with van der Waals surface area (Å²) in [7, 11) is -3.93. The van der Waals surface area contributed by atoms with Gasteiger partial charge in [-0.25, -0.2) is 13.8 Å². The maximum atomic E-state index is 13.3. The summed E-state index contributed by atoms with van der Waals surface area (Å²) in [5.41, 5.74) is 5.83. The van der Waals surface area contributed by atoms with Crippen LogP contribution in [-0.2, 0) is 14.8 Å². The maximum absolute atomic E-state index is 13.3. The van der Waals surface area contributed by atoms with E-state index in [-0.39, 0.29) is 11.4 Å². The number of thiophene rings is 1. The molecule has 0 bridgehead atoms. The average molecular weight is 442 g/mol. The van der Waals surface area contributed by atoms with Crippen LogP contribution in [0, 0.1) is 20.8 Å². The summed E-state index contributed by atoms with van der Waals surface area (Å²) >= 11 is 1.51. The number of carbonyl (C=O) groups excluding carboxylic acids is 1. The quantitative estimate of drug-likeness (QED) is 0.444. The van der Waals surface area contributed by atoms with Gasteiger partial charge >= 0.3 is 0 Å². The molecule has 0 spiro atoms. The molecule has 156 valence electrons. The predicted molar refractivity (Wildman–Crippen MR) is 122 cm³/mol. The monoisotopic (exact) mass is 441 g/mol. The van der Waals surface area contributed by atoms with E-state index in [0.717, 1.165) is 25.9 Å². The van der Waals surface area contributed by atoms with Gasteiger partial charge in [-0.2, -0.15) is 5.10 Å². The van der Waals surface area contributed by atoms with Crippen LogP contribution in [0.4, 0.5) is 5.69 Å². The molecule has 2 aromatic carbocycles. The number of hydrogen-bond acceptors (Lipinski definition) is 5. The molecule has 8 heteroatoms. The first kappa shape index (κ1) is 21.7. The molecule has 0 radical (unpaired) electrons. The van der Waals surface area contributed by atoms with Gasteiger partial charge in [0, 0.05) is 4.88 Å². The second-order valence-corrected chi connectivity index (χ2v) is 9.73. The van der Waals surface area contributed by atoms with Crippen molar-refractivity contribution in [3.8, 4) is 0 Å². The molecule has 30 heavy (non-hydrogen) atoms. The van der Waals surface area contributed by atoms with Gasteiger partial charge in [-0.15, -0.1) is 11.3 Å². The lowest BCUT2D eigenvalue weighted by molar-refractivity contribution is -0.119. The number of hydrazone groups is 1. The molecule has 0 aliphatic rings. The van der Waals surface area contributed by atoms with Crippen molar-refractivity contribution in [2.24, 2.45) is 5.10 Å². The Morgan fingerprint density at radius 3 is 2.17 bits per heavy atom. The molecule has 1 aromatic heterocycles. The number of hydrogen-bond donors (Lipinski definition) is 1. The fourth-order valence-corrected chi connectivity index (χ4v) is 4.92. The van der Waals surface area contributed by atoms with Crippen molar-refractivity contribution in [3.05, 3.63) is 81.5 Å². The summed E-state index contributed by atoms with van der Waals surface area (Å²) in [6.07, 6.45) is 1.56. The summed E-state index contributed by atoms with van der Waals surface area (Å²) in [5.74, 6) is -0.531. The summed E-state index contributed by atoms with van der Waals surface area (Å²) < 4.78 is 27.7. The highest BCUT2D eigenvalue weighted by Gasteiger charge is 2.27. The minimum Gasteiger partial charge on any atom is -0.271 e. The Morgan fingerprint density at radius 1 is 1.00 bits per heavy atom. The molecular weight excluding hydrogens is 418 g/mol. The standard InChI is InChI=1S/C22H23N3O3S2/c1-16-4-8-19(9-5-16)25(30(27,28)20-10-6-17(2)7-11-20)15-22(26)24-23-14-21-18(3)12-13-29-21/h4-14H,15H2,1-3H3,(H,24,26)/b23-14-. The van der Waals surface area contributed by atoms with Crippen molar-refractivity contribution in [1.82, 2.24) is 5.43 Å². The van der Waals surface area contributed by atoms with E-state index in [2.05, 4.69) is 10.5 Å². The van der Waals surface area contributed by atoms with Gasteiger partial charge in [0.05, 0.1) is 16.8 Å². The number of aryl methyl sites for hydroxylation is 3. The topological polar surface area (TPSA) is 78.8 Å². The van der Waals surface area contributed by atoms with Crippen LogP contribution in [0.5, 0.6) is 0 Å². The molecule has 0 unspecified atom stereocenters. The normalized spacial score (nSPS) is 11.6. The van der Waals surface area contributed by atoms with Gasteiger partial charge in [0.15, 0.2) is 0 Å². The summed E-state index contributed by atoms with van der Waals surface area (Å²) in [6, 6.07) is 15.5. The molecule has 1 N–H and O–H groups in total. The van der Waals surface area contributed by atoms with Crippen molar-refractivity contribution in [1.29, 1.82) is 0 Å². The van der Waals surface area contributed by atoms with Crippen molar-refractivity contribution >= 4 is 39.2 Å². The molecule has 0 saturated carbocycles. The molecule has 0 saturated heterocycles. The number of rotatable bonds is 7. The van der Waals surface area contributed by atoms with Crippen LogP contribution in [0.1, 0.15) is 21.6 Å². The van der Waals surface area contributed by atoms with Crippen LogP contribution in [0.2, 0.25) is 0 Å². The van der Waals surface area contributed by atoms with Crippen molar-refractivity contribution in [3.63, 3.8) is 0 Å². The van der Waals surface area contributed by atoms with E-state index in [1.165, 1.54) is 11.3 Å². The van der Waals surface area contributed by atoms with Crippen LogP contribution < -0.4 is 9.73 Å². The molecular formula is C22H23N3O3S2. The number of amides is 1. The predicted octanol–water partition coefficient (Wildman–Crippen LogP) is 4.02. The first-order chi connectivity index (χ1) is 14.3. The molecule has 0 aliphatic heterocycles. The number of sulfonamides is 1. The first-order valence-corrected chi connectivity index (χ1v) is 11.6. The van der Waals surface area contributed by atoms with Crippen LogP contribution >= 0.6 is 11.3 Å². The third-order valence-corrected chi connectivity index (χ3v) is 7.23. The summed E-state index contributed by atoms with van der Waals surface area (Å²) in [5, 5.41) is 5.90. The Kier molecular flexibility index (Phi) is 6.69. The number of anilines is 1. The number of carbonyl (C=O) groups is 1. The number of benzene rings is 2. The SMILES string of the molecule is Cc1ccc(N(CC(=O)N/N=C\c2sccc2C)S(=O)(=O)c2ccc(C)cc2)cc1. The lowest BCUT2D eigenvalue weighted by Gasteiger charge is -2.24. The van der Waals surface area contributed by atoms with Crippen molar-refractivity contribution in [2.45, 2.75) is 25.7 Å². The highest BCUT2D eigenvalue weighted by atomic mass is 32.2. The zero-order chi connectivity index (χ0) is 21.7. The highest BCUT2D eigenvalue weighted by molar-refractivity contribution is 7.92. The van der Waals surface area contributed by atoms with E-state index in [0.29, 0.717) is 5.69 Å². The van der Waals surface area contributed by atoms with Crippen LogP contribution in [-0.4, -0.2) is 27.1 Å². The van der Waals surface area contributed by atoms with Crippen molar-refractivity contribution in [2.75, 3.05) is 10.8 Å². The van der Waals surface area contributed by atoms with E-state index in [1.807, 2.05) is 44.4 Å². The van der Waals surface area contributed by atoms with E-state index < -0.39 is 15.9 Å². The maximum Gasteiger partial charge on any atom is 0.264 e. The Hall–Kier alpha value is -2.97. The third kappa shape index (κ3) is 5.14. The Labute approximate surface area is 180 Å². The zero-order valence-corrected chi connectivity index (χ0v) is 18.6. The minimum atomic E-state index is -3.93. The van der Waals surface area contributed by atoms with Gasteiger partial charge in [-0.05, 0) is 62.0 Å². The molecule has 3 rings (SSSR count). The van der Waals surface area contributed by atoms with Gasteiger partial charge in [0.1, 0.15) is 6.54 Å². The molecule has 3 aromatic rings. The fourth-order valence-electron chi connectivity index (χ4n) is 2.71. The van der Waals surface area contributed by atoms with Gasteiger partial charge in [0.25, 0.3) is 15.9 Å². The Morgan fingerprint density at radius 2 is 1.60 bits per heavy atom. The second-order valence-electron chi connectivity index (χ2n) is 6.92. The molecule has 6 nitrogen and oxygen atoms in total. The van der Waals surface area contributed by atoms with Gasteiger partial charge in [-0.3, -0.25) is 9.10 Å². The van der Waals surface area contributed by atoms with Crippen LogP contribution in [0.25, 0.3) is 0 Å². The Bertz CT molecular complexity index is 1150. The van der Waals surface area contributed by atoms with Gasteiger partial charge < -0.3 is 0 Å². The second kappa shape index (κ2) is 9.23.